The van der Waals surface area contributed by atoms with E-state index in [2.05, 4.69) is 5.32 Å². The summed E-state index contributed by atoms with van der Waals surface area (Å²) in [6.45, 7) is 0.152. The molecule has 27 heavy (non-hydrogen) atoms. The van der Waals surface area contributed by atoms with Crippen molar-refractivity contribution in [1.82, 2.24) is 4.73 Å². The molecule has 0 radical (unpaired) electrons. The third-order valence-corrected chi connectivity index (χ3v) is 4.02. The zero-order valence-corrected chi connectivity index (χ0v) is 15.3. The summed E-state index contributed by atoms with van der Waals surface area (Å²) in [7, 11) is 1.58. The average Bonchev–Trinajstić information content (AvgIpc) is 2.69. The lowest BCUT2D eigenvalue weighted by molar-refractivity contribution is 0.0862. The molecule has 0 atom stereocenters. The monoisotopic (exact) mass is 384 g/mol. The SMILES string of the molecule is COc1cccc(COn2cccc(C(=O)Nc3ccc(Cl)cc3)c2=O)c1. The van der Waals surface area contributed by atoms with Crippen LogP contribution in [-0.2, 0) is 6.61 Å². The summed E-state index contributed by atoms with van der Waals surface area (Å²) in [4.78, 5) is 30.5. The molecule has 138 valence electrons. The van der Waals surface area contributed by atoms with Gasteiger partial charge in [-0.25, -0.2) is 0 Å². The first-order valence-electron chi connectivity index (χ1n) is 8.11. The first-order chi connectivity index (χ1) is 13.1. The van der Waals surface area contributed by atoms with E-state index in [9.17, 15) is 9.59 Å². The van der Waals surface area contributed by atoms with Crippen molar-refractivity contribution in [3.8, 4) is 5.75 Å². The molecule has 1 N–H and O–H groups in total. The summed E-state index contributed by atoms with van der Waals surface area (Å²) in [5, 5.41) is 3.22. The summed E-state index contributed by atoms with van der Waals surface area (Å²) in [5.74, 6) is 0.168. The van der Waals surface area contributed by atoms with Crippen LogP contribution in [-0.4, -0.2) is 17.7 Å². The van der Waals surface area contributed by atoms with E-state index >= 15 is 0 Å². The largest absolute Gasteiger partial charge is 0.497 e. The predicted molar refractivity (Wildman–Crippen MR) is 103 cm³/mol. The van der Waals surface area contributed by atoms with Gasteiger partial charge in [0.1, 0.15) is 17.9 Å². The maximum atomic E-state index is 12.5. The number of aromatic nitrogens is 1. The molecule has 0 spiro atoms. The summed E-state index contributed by atoms with van der Waals surface area (Å²) in [6.07, 6.45) is 1.46. The van der Waals surface area contributed by atoms with E-state index in [4.69, 9.17) is 21.2 Å². The molecule has 3 aromatic rings. The van der Waals surface area contributed by atoms with Gasteiger partial charge in [0.15, 0.2) is 0 Å². The number of nitrogens with zero attached hydrogens (tertiary/aromatic N) is 1. The number of benzene rings is 2. The zero-order chi connectivity index (χ0) is 19.2. The van der Waals surface area contributed by atoms with Crippen LogP contribution in [0.2, 0.25) is 5.02 Å². The van der Waals surface area contributed by atoms with Gasteiger partial charge in [-0.2, -0.15) is 4.73 Å². The van der Waals surface area contributed by atoms with Crippen LogP contribution in [0.25, 0.3) is 0 Å². The highest BCUT2D eigenvalue weighted by molar-refractivity contribution is 6.30. The molecule has 0 bridgehead atoms. The van der Waals surface area contributed by atoms with E-state index in [1.807, 2.05) is 24.3 Å². The molecule has 1 aromatic heterocycles. The van der Waals surface area contributed by atoms with Gasteiger partial charge in [-0.05, 0) is 54.1 Å². The Morgan fingerprint density at radius 2 is 1.89 bits per heavy atom. The van der Waals surface area contributed by atoms with Crippen LogP contribution < -0.4 is 20.5 Å². The van der Waals surface area contributed by atoms with E-state index in [0.717, 1.165) is 10.3 Å². The van der Waals surface area contributed by atoms with Crippen molar-refractivity contribution in [2.24, 2.45) is 0 Å². The minimum Gasteiger partial charge on any atom is -0.497 e. The molecule has 0 fully saturated rings. The van der Waals surface area contributed by atoms with Gasteiger partial charge < -0.3 is 14.9 Å². The lowest BCUT2D eigenvalue weighted by Crippen LogP contribution is -2.32. The topological polar surface area (TPSA) is 69.6 Å². The first kappa shape index (κ1) is 18.5. The summed E-state index contributed by atoms with van der Waals surface area (Å²) in [6, 6.07) is 16.9. The van der Waals surface area contributed by atoms with E-state index in [-0.39, 0.29) is 12.2 Å². The molecule has 6 nitrogen and oxygen atoms in total. The predicted octanol–water partition coefficient (Wildman–Crippen LogP) is 3.39. The van der Waals surface area contributed by atoms with Crippen molar-refractivity contribution in [2.75, 3.05) is 12.4 Å². The van der Waals surface area contributed by atoms with Crippen LogP contribution in [0.5, 0.6) is 5.75 Å². The fourth-order valence-electron chi connectivity index (χ4n) is 2.39. The van der Waals surface area contributed by atoms with Crippen molar-refractivity contribution in [2.45, 2.75) is 6.61 Å². The molecule has 0 aliphatic carbocycles. The minimum absolute atomic E-state index is 0.0295. The zero-order valence-electron chi connectivity index (χ0n) is 14.5. The Morgan fingerprint density at radius 1 is 1.11 bits per heavy atom. The number of methoxy groups -OCH3 is 1. The Kier molecular flexibility index (Phi) is 5.78. The number of rotatable bonds is 6. The Morgan fingerprint density at radius 3 is 2.63 bits per heavy atom. The number of carbonyl (C=O) groups excluding carboxylic acids is 1. The van der Waals surface area contributed by atoms with Gasteiger partial charge in [0, 0.05) is 16.9 Å². The van der Waals surface area contributed by atoms with Gasteiger partial charge in [0.25, 0.3) is 11.5 Å². The van der Waals surface area contributed by atoms with Crippen molar-refractivity contribution >= 4 is 23.2 Å². The number of carbonyl (C=O) groups is 1. The Balaban J connectivity index is 1.73. The van der Waals surface area contributed by atoms with Crippen molar-refractivity contribution in [1.29, 1.82) is 0 Å². The van der Waals surface area contributed by atoms with Crippen LogP contribution >= 0.6 is 11.6 Å². The molecule has 1 amide bonds. The van der Waals surface area contributed by atoms with Crippen LogP contribution in [0.1, 0.15) is 15.9 Å². The van der Waals surface area contributed by atoms with Crippen molar-refractivity contribution < 1.29 is 14.4 Å². The number of nitrogens with one attached hydrogen (secondary N) is 1. The first-order valence-corrected chi connectivity index (χ1v) is 8.49. The molecule has 0 saturated carbocycles. The average molecular weight is 385 g/mol. The highest BCUT2D eigenvalue weighted by Crippen LogP contribution is 2.14. The minimum atomic E-state index is -0.549. The van der Waals surface area contributed by atoms with Gasteiger partial charge >= 0.3 is 0 Å². The standard InChI is InChI=1S/C20H17ClN2O4/c1-26-17-5-2-4-14(12-17)13-27-23-11-3-6-18(20(23)25)19(24)22-16-9-7-15(21)8-10-16/h2-12H,13H2,1H3,(H,22,24). The van der Waals surface area contributed by atoms with E-state index < -0.39 is 11.5 Å². The summed E-state index contributed by atoms with van der Waals surface area (Å²) >= 11 is 5.83. The maximum Gasteiger partial charge on any atom is 0.295 e. The van der Waals surface area contributed by atoms with Gasteiger partial charge in [0.05, 0.1) is 7.11 Å². The number of amides is 1. The van der Waals surface area contributed by atoms with Crippen molar-refractivity contribution in [3.05, 3.63) is 93.4 Å². The van der Waals surface area contributed by atoms with Gasteiger partial charge in [0.2, 0.25) is 0 Å². The number of anilines is 1. The second-order valence-corrected chi connectivity index (χ2v) is 6.08. The molecule has 0 saturated heterocycles. The van der Waals surface area contributed by atoms with Crippen molar-refractivity contribution in [3.63, 3.8) is 0 Å². The van der Waals surface area contributed by atoms with Gasteiger partial charge in [-0.15, -0.1) is 0 Å². The molecule has 7 heteroatoms. The number of halogens is 1. The molecule has 0 unspecified atom stereocenters. The molecule has 3 rings (SSSR count). The fourth-order valence-corrected chi connectivity index (χ4v) is 2.51. The lowest BCUT2D eigenvalue weighted by Gasteiger charge is -2.11. The van der Waals surface area contributed by atoms with Gasteiger partial charge in [-0.3, -0.25) is 9.59 Å². The molecule has 1 heterocycles. The molecular formula is C20H17ClN2O4. The van der Waals surface area contributed by atoms with Crippen LogP contribution in [0, 0.1) is 0 Å². The third kappa shape index (κ3) is 4.68. The van der Waals surface area contributed by atoms with Crippen LogP contribution in [0.15, 0.2) is 71.7 Å². The molecule has 0 aliphatic heterocycles. The summed E-state index contributed by atoms with van der Waals surface area (Å²) in [5.41, 5.74) is 0.790. The lowest BCUT2D eigenvalue weighted by atomic mass is 10.2. The smallest absolute Gasteiger partial charge is 0.295 e. The maximum absolute atomic E-state index is 12.5. The van der Waals surface area contributed by atoms with Crippen LogP contribution in [0.3, 0.4) is 0 Å². The quantitative estimate of drug-likeness (QED) is 0.707. The Bertz CT molecular complexity index is 999. The molecule has 2 aromatic carbocycles. The number of hydrogen-bond acceptors (Lipinski definition) is 4. The third-order valence-electron chi connectivity index (χ3n) is 3.77. The second kappa shape index (κ2) is 8.42. The van der Waals surface area contributed by atoms with E-state index in [1.54, 1.807) is 37.4 Å². The fraction of sp³-hybridized carbons (Fsp3) is 0.100. The highest BCUT2D eigenvalue weighted by atomic mass is 35.5. The molecular weight excluding hydrogens is 368 g/mol. The number of pyridine rings is 1. The normalized spacial score (nSPS) is 10.3. The van der Waals surface area contributed by atoms with Crippen LogP contribution in [0.4, 0.5) is 5.69 Å². The number of ether oxygens (including phenoxy) is 1. The highest BCUT2D eigenvalue weighted by Gasteiger charge is 2.13. The van der Waals surface area contributed by atoms with E-state index in [1.165, 1.54) is 12.3 Å². The van der Waals surface area contributed by atoms with Gasteiger partial charge in [-0.1, -0.05) is 23.7 Å². The molecule has 0 aliphatic rings. The Hall–Kier alpha value is -3.25. The Labute approximate surface area is 160 Å². The number of hydrogen-bond donors (Lipinski definition) is 1. The van der Waals surface area contributed by atoms with E-state index in [0.29, 0.717) is 16.5 Å². The summed E-state index contributed by atoms with van der Waals surface area (Å²) < 4.78 is 6.20. The second-order valence-electron chi connectivity index (χ2n) is 5.64.